The summed E-state index contributed by atoms with van der Waals surface area (Å²) in [4.78, 5) is 23.6. The highest BCUT2D eigenvalue weighted by Gasteiger charge is 2.19. The molecule has 1 aromatic heterocycles. The molecule has 0 radical (unpaired) electrons. The van der Waals surface area contributed by atoms with Gasteiger partial charge in [0.25, 0.3) is 0 Å². The number of urea groups is 1. The van der Waals surface area contributed by atoms with Crippen LogP contribution in [0.25, 0.3) is 0 Å². The predicted octanol–water partition coefficient (Wildman–Crippen LogP) is 2.81. The monoisotopic (exact) mass is 340 g/mol. The Hall–Kier alpha value is -2.00. The molecule has 0 saturated heterocycles. The molecule has 0 unspecified atom stereocenters. The molecule has 6 nitrogen and oxygen atoms in total. The Bertz CT molecular complexity index is 692. The zero-order chi connectivity index (χ0) is 16.1. The number of imide groups is 1. The average Bonchev–Trinajstić information content (AvgIpc) is 2.86. The fourth-order valence-corrected chi connectivity index (χ4v) is 3.42. The summed E-state index contributed by atoms with van der Waals surface area (Å²) in [5.74, 6) is -1.07. The Morgan fingerprint density at radius 3 is 2.68 bits per heavy atom. The predicted molar refractivity (Wildman–Crippen MR) is 83.5 cm³/mol. The van der Waals surface area contributed by atoms with E-state index in [1.54, 1.807) is 13.0 Å². The lowest BCUT2D eigenvalue weighted by Crippen LogP contribution is -2.39. The minimum absolute atomic E-state index is 0.00727. The summed E-state index contributed by atoms with van der Waals surface area (Å²) in [6, 6.07) is 4.93. The Morgan fingerprint density at radius 1 is 1.32 bits per heavy atom. The van der Waals surface area contributed by atoms with Gasteiger partial charge in [0.2, 0.25) is 5.91 Å². The van der Waals surface area contributed by atoms with Crippen LogP contribution in [-0.2, 0) is 4.79 Å². The summed E-state index contributed by atoms with van der Waals surface area (Å²) in [6.45, 7) is 3.46. The number of carbonyl (C=O) groups is 2. The second kappa shape index (κ2) is 7.32. The van der Waals surface area contributed by atoms with Gasteiger partial charge in [-0.3, -0.25) is 10.1 Å². The SMILES string of the molecule is Cc1nnc(S[C@@H](C)C(=O)NC(=O)Nc2ccccc2F)s1. The number of para-hydroxylation sites is 1. The van der Waals surface area contributed by atoms with E-state index in [4.69, 9.17) is 0 Å². The van der Waals surface area contributed by atoms with Crippen LogP contribution >= 0.6 is 23.1 Å². The third-order valence-corrected chi connectivity index (χ3v) is 4.54. The number of hydrogen-bond acceptors (Lipinski definition) is 6. The molecule has 9 heteroatoms. The molecule has 3 amide bonds. The van der Waals surface area contributed by atoms with Gasteiger partial charge in [0.1, 0.15) is 10.8 Å². The third-order valence-electron chi connectivity index (χ3n) is 2.51. The second-order valence-electron chi connectivity index (χ2n) is 4.27. The van der Waals surface area contributed by atoms with E-state index in [0.717, 1.165) is 5.01 Å². The number of aryl methyl sites for hydroxylation is 1. The summed E-state index contributed by atoms with van der Waals surface area (Å²) in [5, 5.41) is 12.5. The van der Waals surface area contributed by atoms with Gasteiger partial charge in [-0.15, -0.1) is 10.2 Å². The van der Waals surface area contributed by atoms with Gasteiger partial charge in [-0.2, -0.15) is 0 Å². The maximum atomic E-state index is 13.4. The standard InChI is InChI=1S/C13H13FN4O2S2/c1-7(21-13-18-17-8(2)22-13)11(19)16-12(20)15-10-6-4-3-5-9(10)14/h3-7H,1-2H3,(H2,15,16,19,20)/t7-/m0/s1. The lowest BCUT2D eigenvalue weighted by molar-refractivity contribution is -0.119. The van der Waals surface area contributed by atoms with Gasteiger partial charge in [0.05, 0.1) is 10.9 Å². The highest BCUT2D eigenvalue weighted by Crippen LogP contribution is 2.26. The number of halogens is 1. The van der Waals surface area contributed by atoms with Crippen molar-refractivity contribution < 1.29 is 14.0 Å². The molecule has 0 aliphatic rings. The minimum atomic E-state index is -0.781. The van der Waals surface area contributed by atoms with Crippen LogP contribution in [0.3, 0.4) is 0 Å². The van der Waals surface area contributed by atoms with Crippen LogP contribution in [0.1, 0.15) is 11.9 Å². The quantitative estimate of drug-likeness (QED) is 0.836. The number of amides is 3. The molecule has 116 valence electrons. The van der Waals surface area contributed by atoms with Gasteiger partial charge < -0.3 is 5.32 Å². The van der Waals surface area contributed by atoms with Crippen molar-refractivity contribution in [2.24, 2.45) is 0 Å². The van der Waals surface area contributed by atoms with E-state index in [0.29, 0.717) is 4.34 Å². The molecule has 1 aromatic carbocycles. The molecule has 1 heterocycles. The summed E-state index contributed by atoms with van der Waals surface area (Å²) in [6.07, 6.45) is 0. The largest absolute Gasteiger partial charge is 0.325 e. The van der Waals surface area contributed by atoms with Crippen molar-refractivity contribution in [2.45, 2.75) is 23.4 Å². The topological polar surface area (TPSA) is 84.0 Å². The molecule has 0 bridgehead atoms. The number of nitrogens with zero attached hydrogens (tertiary/aromatic N) is 2. The first-order valence-electron chi connectivity index (χ1n) is 6.29. The van der Waals surface area contributed by atoms with E-state index in [1.165, 1.54) is 41.3 Å². The first-order valence-corrected chi connectivity index (χ1v) is 7.98. The third kappa shape index (κ3) is 4.50. The van der Waals surface area contributed by atoms with Crippen LogP contribution in [0.15, 0.2) is 28.6 Å². The van der Waals surface area contributed by atoms with Crippen molar-refractivity contribution in [3.63, 3.8) is 0 Å². The van der Waals surface area contributed by atoms with Crippen LogP contribution < -0.4 is 10.6 Å². The van der Waals surface area contributed by atoms with Crippen LogP contribution in [0.5, 0.6) is 0 Å². The number of aromatic nitrogens is 2. The van der Waals surface area contributed by atoms with Crippen LogP contribution in [-0.4, -0.2) is 27.4 Å². The highest BCUT2D eigenvalue weighted by atomic mass is 32.2. The van der Waals surface area contributed by atoms with E-state index in [2.05, 4.69) is 20.8 Å². The molecular formula is C13H13FN4O2S2. The van der Waals surface area contributed by atoms with Gasteiger partial charge in [0.15, 0.2) is 4.34 Å². The fourth-order valence-electron chi connectivity index (χ4n) is 1.46. The average molecular weight is 340 g/mol. The van der Waals surface area contributed by atoms with E-state index in [1.807, 2.05) is 6.92 Å². The Labute approximate surface area is 134 Å². The first kappa shape index (κ1) is 16.4. The van der Waals surface area contributed by atoms with E-state index in [-0.39, 0.29) is 5.69 Å². The fraction of sp³-hybridized carbons (Fsp3) is 0.231. The molecule has 0 aliphatic heterocycles. The molecule has 2 aromatic rings. The molecule has 2 rings (SSSR count). The maximum absolute atomic E-state index is 13.4. The van der Waals surface area contributed by atoms with Crippen molar-refractivity contribution >= 4 is 40.7 Å². The Morgan fingerprint density at radius 2 is 2.05 bits per heavy atom. The van der Waals surface area contributed by atoms with Gasteiger partial charge in [-0.25, -0.2) is 9.18 Å². The van der Waals surface area contributed by atoms with E-state index in [9.17, 15) is 14.0 Å². The molecule has 0 fully saturated rings. The number of nitrogens with one attached hydrogen (secondary N) is 2. The normalized spacial score (nSPS) is 11.8. The lowest BCUT2D eigenvalue weighted by atomic mass is 10.3. The zero-order valence-corrected chi connectivity index (χ0v) is 13.4. The maximum Gasteiger partial charge on any atom is 0.325 e. The zero-order valence-electron chi connectivity index (χ0n) is 11.8. The van der Waals surface area contributed by atoms with Gasteiger partial charge >= 0.3 is 6.03 Å². The molecule has 22 heavy (non-hydrogen) atoms. The number of anilines is 1. The number of thioether (sulfide) groups is 1. The summed E-state index contributed by atoms with van der Waals surface area (Å²) in [5.41, 5.74) is 0.00727. The molecular weight excluding hydrogens is 327 g/mol. The lowest BCUT2D eigenvalue weighted by Gasteiger charge is -2.10. The second-order valence-corrected chi connectivity index (χ2v) is 7.04. The van der Waals surface area contributed by atoms with Gasteiger partial charge in [-0.05, 0) is 26.0 Å². The molecule has 0 spiro atoms. The summed E-state index contributed by atoms with van der Waals surface area (Å²) >= 11 is 2.57. The van der Waals surface area contributed by atoms with Gasteiger partial charge in [0, 0.05) is 0 Å². The molecule has 2 N–H and O–H groups in total. The molecule has 0 aliphatic carbocycles. The van der Waals surface area contributed by atoms with Crippen molar-refractivity contribution in [2.75, 3.05) is 5.32 Å². The number of rotatable bonds is 4. The number of carbonyl (C=O) groups excluding carboxylic acids is 2. The van der Waals surface area contributed by atoms with Crippen molar-refractivity contribution in [1.29, 1.82) is 0 Å². The highest BCUT2D eigenvalue weighted by molar-refractivity contribution is 8.02. The van der Waals surface area contributed by atoms with Crippen molar-refractivity contribution in [3.05, 3.63) is 35.1 Å². The number of hydrogen-bond donors (Lipinski definition) is 2. The molecule has 0 saturated carbocycles. The Balaban J connectivity index is 1.88. The van der Waals surface area contributed by atoms with E-state index < -0.39 is 23.0 Å². The molecule has 1 atom stereocenters. The van der Waals surface area contributed by atoms with Crippen molar-refractivity contribution in [3.8, 4) is 0 Å². The number of benzene rings is 1. The smallest absolute Gasteiger partial charge is 0.305 e. The van der Waals surface area contributed by atoms with Crippen LogP contribution in [0, 0.1) is 12.7 Å². The van der Waals surface area contributed by atoms with Crippen LogP contribution in [0.2, 0.25) is 0 Å². The summed E-state index contributed by atoms with van der Waals surface area (Å²) < 4.78 is 14.0. The first-order chi connectivity index (χ1) is 10.5. The minimum Gasteiger partial charge on any atom is -0.305 e. The summed E-state index contributed by atoms with van der Waals surface area (Å²) in [7, 11) is 0. The van der Waals surface area contributed by atoms with Crippen LogP contribution in [0.4, 0.5) is 14.9 Å². The van der Waals surface area contributed by atoms with Crippen molar-refractivity contribution in [1.82, 2.24) is 15.5 Å². The van der Waals surface area contributed by atoms with E-state index >= 15 is 0 Å². The Kier molecular flexibility index (Phi) is 5.45. The van der Waals surface area contributed by atoms with Gasteiger partial charge in [-0.1, -0.05) is 35.2 Å².